The van der Waals surface area contributed by atoms with Gasteiger partial charge in [0.15, 0.2) is 5.82 Å². The maximum Gasteiger partial charge on any atom is 0.255 e. The van der Waals surface area contributed by atoms with Gasteiger partial charge < -0.3 is 10.6 Å². The van der Waals surface area contributed by atoms with Crippen LogP contribution in [0.3, 0.4) is 0 Å². The summed E-state index contributed by atoms with van der Waals surface area (Å²) in [6, 6.07) is 12.6. The lowest BCUT2D eigenvalue weighted by atomic mass is 9.94. The lowest BCUT2D eigenvalue weighted by Crippen LogP contribution is -2.32. The number of allylic oxidation sites excluding steroid dienone is 1. The maximum atomic E-state index is 14.9. The summed E-state index contributed by atoms with van der Waals surface area (Å²) in [5.74, 6) is 0.0344. The van der Waals surface area contributed by atoms with E-state index >= 15 is 0 Å². The minimum atomic E-state index is -0.813. The van der Waals surface area contributed by atoms with E-state index in [-0.39, 0.29) is 5.91 Å². The molecule has 1 aromatic carbocycles. The second kappa shape index (κ2) is 8.03. The second-order valence-electron chi connectivity index (χ2n) is 7.22. The van der Waals surface area contributed by atoms with Crippen molar-refractivity contribution in [2.75, 3.05) is 10.6 Å². The van der Waals surface area contributed by atoms with Crippen molar-refractivity contribution in [2.45, 2.75) is 13.0 Å². The van der Waals surface area contributed by atoms with Gasteiger partial charge in [0.1, 0.15) is 11.9 Å². The fourth-order valence-corrected chi connectivity index (χ4v) is 3.69. The molecular weight excluding hydrogens is 409 g/mol. The van der Waals surface area contributed by atoms with Crippen molar-refractivity contribution in [3.05, 3.63) is 96.0 Å². The van der Waals surface area contributed by atoms with Crippen LogP contribution < -0.4 is 10.6 Å². The van der Waals surface area contributed by atoms with Crippen LogP contribution in [-0.2, 0) is 4.79 Å². The van der Waals surface area contributed by atoms with E-state index in [1.165, 1.54) is 6.07 Å². The second-order valence-corrected chi connectivity index (χ2v) is 7.22. The molecule has 5 rings (SSSR count). The highest BCUT2D eigenvalue weighted by molar-refractivity contribution is 6.05. The predicted molar refractivity (Wildman–Crippen MR) is 117 cm³/mol. The number of fused-ring (bicyclic) bond motifs is 1. The lowest BCUT2D eigenvalue weighted by Gasteiger charge is -2.28. The van der Waals surface area contributed by atoms with Crippen LogP contribution in [0.2, 0.25) is 0 Å². The van der Waals surface area contributed by atoms with Crippen LogP contribution >= 0.6 is 0 Å². The number of nitrogens with zero attached hydrogens (tertiary/aromatic N) is 5. The summed E-state index contributed by atoms with van der Waals surface area (Å²) in [4.78, 5) is 25.9. The molecule has 1 unspecified atom stereocenters. The number of rotatable bonds is 4. The van der Waals surface area contributed by atoms with Gasteiger partial charge in [-0.05, 0) is 37.3 Å². The van der Waals surface area contributed by atoms with Gasteiger partial charge in [-0.3, -0.25) is 14.8 Å². The first kappa shape index (κ1) is 19.6. The molecule has 0 fully saturated rings. The Morgan fingerprint density at radius 2 is 1.88 bits per heavy atom. The Kier molecular flexibility index (Phi) is 4.91. The van der Waals surface area contributed by atoms with Gasteiger partial charge in [0.25, 0.3) is 5.91 Å². The zero-order valence-electron chi connectivity index (χ0n) is 17.0. The van der Waals surface area contributed by atoms with E-state index < -0.39 is 11.9 Å². The number of benzene rings is 1. The van der Waals surface area contributed by atoms with Crippen molar-refractivity contribution in [3.63, 3.8) is 0 Å². The van der Waals surface area contributed by atoms with Crippen molar-refractivity contribution in [1.82, 2.24) is 24.7 Å². The molecule has 8 nitrogen and oxygen atoms in total. The number of hydrogen-bond acceptors (Lipinski definition) is 6. The number of pyridine rings is 2. The summed E-state index contributed by atoms with van der Waals surface area (Å²) >= 11 is 0. The van der Waals surface area contributed by atoms with Gasteiger partial charge in [0.2, 0.25) is 5.95 Å². The Hall–Kier alpha value is -4.40. The summed E-state index contributed by atoms with van der Waals surface area (Å²) in [6.45, 7) is 1.76. The molecule has 0 saturated carbocycles. The standard InChI is InChI=1S/C23H18FN7O/c1-14-19(22(32)28-16-5-4-10-26-13-16)20(17-6-2-3-7-18(17)24)31-23(27-14)29-21(30-31)15-8-11-25-12-9-15/h2-13,20H,1H3,(H,28,32)(H,27,29,30). The van der Waals surface area contributed by atoms with Crippen LogP contribution in [0.25, 0.3) is 11.4 Å². The molecule has 4 heterocycles. The summed E-state index contributed by atoms with van der Waals surface area (Å²) in [5, 5.41) is 10.6. The van der Waals surface area contributed by atoms with Crippen molar-refractivity contribution < 1.29 is 9.18 Å². The molecule has 0 radical (unpaired) electrons. The number of aromatic nitrogens is 5. The van der Waals surface area contributed by atoms with Crippen molar-refractivity contribution in [1.29, 1.82) is 0 Å². The number of halogens is 1. The highest BCUT2D eigenvalue weighted by Crippen LogP contribution is 2.37. The first-order valence-corrected chi connectivity index (χ1v) is 9.92. The molecule has 4 aromatic rings. The number of hydrogen-bond donors (Lipinski definition) is 2. The molecule has 32 heavy (non-hydrogen) atoms. The molecule has 0 saturated heterocycles. The van der Waals surface area contributed by atoms with Crippen LogP contribution in [-0.4, -0.2) is 30.6 Å². The van der Waals surface area contributed by atoms with Crippen molar-refractivity contribution in [3.8, 4) is 11.4 Å². The van der Waals surface area contributed by atoms with Gasteiger partial charge in [-0.15, -0.1) is 5.10 Å². The smallest absolute Gasteiger partial charge is 0.255 e. The number of nitrogens with one attached hydrogen (secondary N) is 2. The Morgan fingerprint density at radius 1 is 1.06 bits per heavy atom. The number of carbonyl (C=O) groups excluding carboxylic acids is 1. The SMILES string of the molecule is CC1=C(C(=O)Nc2cccnc2)C(c2ccccc2F)n2nc(-c3ccncc3)nc2N1. The third-order valence-corrected chi connectivity index (χ3v) is 5.15. The Labute approximate surface area is 182 Å². The third-order valence-electron chi connectivity index (χ3n) is 5.15. The average Bonchev–Trinajstić information content (AvgIpc) is 3.23. The molecule has 3 aromatic heterocycles. The maximum absolute atomic E-state index is 14.9. The zero-order chi connectivity index (χ0) is 22.1. The van der Waals surface area contributed by atoms with Gasteiger partial charge in [-0.25, -0.2) is 9.07 Å². The Bertz CT molecular complexity index is 1320. The van der Waals surface area contributed by atoms with Crippen molar-refractivity contribution in [2.24, 2.45) is 0 Å². The van der Waals surface area contributed by atoms with E-state index in [4.69, 9.17) is 0 Å². The topological polar surface area (TPSA) is 97.6 Å². The van der Waals surface area contributed by atoms with E-state index in [1.807, 2.05) is 0 Å². The summed E-state index contributed by atoms with van der Waals surface area (Å²) in [5.41, 5.74) is 2.50. The first-order chi connectivity index (χ1) is 15.6. The van der Waals surface area contributed by atoms with E-state index in [0.29, 0.717) is 34.3 Å². The van der Waals surface area contributed by atoms with E-state index in [0.717, 1.165) is 5.56 Å². The predicted octanol–water partition coefficient (Wildman–Crippen LogP) is 3.80. The number of anilines is 2. The van der Waals surface area contributed by atoms with Gasteiger partial charge in [-0.1, -0.05) is 18.2 Å². The van der Waals surface area contributed by atoms with Crippen LogP contribution in [0.4, 0.5) is 16.0 Å². The average molecular weight is 427 g/mol. The van der Waals surface area contributed by atoms with E-state index in [1.54, 1.807) is 78.9 Å². The van der Waals surface area contributed by atoms with Gasteiger partial charge in [0, 0.05) is 35.4 Å². The fraction of sp³-hybridized carbons (Fsp3) is 0.0870. The first-order valence-electron chi connectivity index (χ1n) is 9.92. The van der Waals surface area contributed by atoms with Crippen LogP contribution in [0, 0.1) is 5.82 Å². The normalized spacial score (nSPS) is 15.1. The highest BCUT2D eigenvalue weighted by atomic mass is 19.1. The highest BCUT2D eigenvalue weighted by Gasteiger charge is 2.35. The zero-order valence-corrected chi connectivity index (χ0v) is 17.0. The summed E-state index contributed by atoms with van der Waals surface area (Å²) < 4.78 is 16.5. The number of amides is 1. The van der Waals surface area contributed by atoms with Crippen LogP contribution in [0.1, 0.15) is 18.5 Å². The Morgan fingerprint density at radius 3 is 2.62 bits per heavy atom. The minimum absolute atomic E-state index is 0.317. The Balaban J connectivity index is 1.63. The monoisotopic (exact) mass is 427 g/mol. The molecule has 0 spiro atoms. The molecule has 2 N–H and O–H groups in total. The van der Waals surface area contributed by atoms with Gasteiger partial charge in [0.05, 0.1) is 17.5 Å². The van der Waals surface area contributed by atoms with Crippen LogP contribution in [0.15, 0.2) is 84.6 Å². The molecule has 1 aliphatic rings. The van der Waals surface area contributed by atoms with Crippen molar-refractivity contribution >= 4 is 17.5 Å². The molecule has 158 valence electrons. The minimum Gasteiger partial charge on any atom is -0.328 e. The van der Waals surface area contributed by atoms with E-state index in [9.17, 15) is 9.18 Å². The van der Waals surface area contributed by atoms with Gasteiger partial charge >= 0.3 is 0 Å². The number of carbonyl (C=O) groups is 1. The molecular formula is C23H18FN7O. The van der Waals surface area contributed by atoms with E-state index in [2.05, 4.69) is 30.7 Å². The summed E-state index contributed by atoms with van der Waals surface area (Å²) in [7, 11) is 0. The van der Waals surface area contributed by atoms with Crippen LogP contribution in [0.5, 0.6) is 0 Å². The molecule has 9 heteroatoms. The largest absolute Gasteiger partial charge is 0.328 e. The molecule has 1 aliphatic heterocycles. The van der Waals surface area contributed by atoms with Gasteiger partial charge in [-0.2, -0.15) is 4.98 Å². The fourth-order valence-electron chi connectivity index (χ4n) is 3.69. The molecule has 1 amide bonds. The summed E-state index contributed by atoms with van der Waals surface area (Å²) in [6.07, 6.45) is 6.46. The quantitative estimate of drug-likeness (QED) is 0.514. The lowest BCUT2D eigenvalue weighted by molar-refractivity contribution is -0.113. The molecule has 0 bridgehead atoms. The molecule has 1 atom stereocenters. The molecule has 0 aliphatic carbocycles. The third kappa shape index (κ3) is 3.49.